The third-order valence-electron chi connectivity index (χ3n) is 5.67. The SMILES string of the molecule is COc1ccc(OC[C@H](O)CN(Cc2ccc(OC)c(OC)c2)Cc2ccc3c(c2)OCO3)cc1. The van der Waals surface area contributed by atoms with Gasteiger partial charge in [-0.3, -0.25) is 4.90 Å². The fraction of sp³-hybridized carbons (Fsp3) is 0.333. The minimum Gasteiger partial charge on any atom is -0.497 e. The van der Waals surface area contributed by atoms with Gasteiger partial charge in [0.25, 0.3) is 0 Å². The molecule has 0 fully saturated rings. The molecule has 186 valence electrons. The number of hydrogen-bond acceptors (Lipinski definition) is 8. The number of aliphatic hydroxyl groups excluding tert-OH is 1. The largest absolute Gasteiger partial charge is 0.497 e. The molecule has 1 heterocycles. The van der Waals surface area contributed by atoms with Crippen LogP contribution in [0.1, 0.15) is 11.1 Å². The van der Waals surface area contributed by atoms with Crippen LogP contribution in [0.25, 0.3) is 0 Å². The van der Waals surface area contributed by atoms with E-state index < -0.39 is 6.10 Å². The van der Waals surface area contributed by atoms with Gasteiger partial charge in [-0.25, -0.2) is 0 Å². The third-order valence-corrected chi connectivity index (χ3v) is 5.67. The molecule has 1 N–H and O–H groups in total. The second-order valence-corrected chi connectivity index (χ2v) is 8.19. The summed E-state index contributed by atoms with van der Waals surface area (Å²) in [5.41, 5.74) is 2.09. The van der Waals surface area contributed by atoms with E-state index in [1.54, 1.807) is 21.3 Å². The van der Waals surface area contributed by atoms with Gasteiger partial charge in [0.05, 0.1) is 21.3 Å². The number of fused-ring (bicyclic) bond motifs is 1. The van der Waals surface area contributed by atoms with E-state index in [9.17, 15) is 5.11 Å². The quantitative estimate of drug-likeness (QED) is 0.418. The number of benzene rings is 3. The average molecular weight is 482 g/mol. The molecule has 0 saturated carbocycles. The Kier molecular flexibility index (Phi) is 8.18. The Morgan fingerprint density at radius 1 is 0.771 bits per heavy atom. The molecule has 3 aromatic rings. The topological polar surface area (TPSA) is 78.9 Å². The molecule has 0 saturated heterocycles. The minimum atomic E-state index is -0.703. The molecule has 1 aliphatic heterocycles. The summed E-state index contributed by atoms with van der Waals surface area (Å²) in [5.74, 6) is 4.24. The van der Waals surface area contributed by atoms with Crippen molar-refractivity contribution in [3.05, 3.63) is 71.8 Å². The number of hydrogen-bond donors (Lipinski definition) is 1. The van der Waals surface area contributed by atoms with Crippen LogP contribution in [-0.4, -0.2) is 57.4 Å². The van der Waals surface area contributed by atoms with Crippen LogP contribution >= 0.6 is 0 Å². The summed E-state index contributed by atoms with van der Waals surface area (Å²) in [6, 6.07) is 19.0. The van der Waals surface area contributed by atoms with Crippen LogP contribution in [0, 0.1) is 0 Å². The minimum absolute atomic E-state index is 0.163. The predicted molar refractivity (Wildman–Crippen MR) is 131 cm³/mol. The van der Waals surface area contributed by atoms with Gasteiger partial charge in [0, 0.05) is 19.6 Å². The highest BCUT2D eigenvalue weighted by Crippen LogP contribution is 2.33. The molecule has 0 spiro atoms. The predicted octanol–water partition coefficient (Wildman–Crippen LogP) is 3.88. The van der Waals surface area contributed by atoms with Crippen molar-refractivity contribution in [2.24, 2.45) is 0 Å². The van der Waals surface area contributed by atoms with Crippen molar-refractivity contribution in [2.75, 3.05) is 41.3 Å². The summed E-state index contributed by atoms with van der Waals surface area (Å²) < 4.78 is 32.7. The number of ether oxygens (including phenoxy) is 6. The second kappa shape index (κ2) is 11.7. The number of rotatable bonds is 12. The molecular weight excluding hydrogens is 450 g/mol. The first-order valence-corrected chi connectivity index (χ1v) is 11.3. The molecule has 0 amide bonds. The summed E-state index contributed by atoms with van der Waals surface area (Å²) in [4.78, 5) is 2.15. The van der Waals surface area contributed by atoms with Crippen molar-refractivity contribution in [2.45, 2.75) is 19.2 Å². The Morgan fingerprint density at radius 2 is 1.43 bits per heavy atom. The molecule has 0 unspecified atom stereocenters. The zero-order chi connectivity index (χ0) is 24.6. The van der Waals surface area contributed by atoms with E-state index in [0.717, 1.165) is 28.4 Å². The molecule has 0 bridgehead atoms. The highest BCUT2D eigenvalue weighted by molar-refractivity contribution is 5.45. The lowest BCUT2D eigenvalue weighted by Gasteiger charge is -2.26. The van der Waals surface area contributed by atoms with Crippen molar-refractivity contribution in [1.82, 2.24) is 4.90 Å². The summed E-state index contributed by atoms with van der Waals surface area (Å²) in [7, 11) is 4.85. The van der Waals surface area contributed by atoms with Crippen LogP contribution in [0.2, 0.25) is 0 Å². The number of aliphatic hydroxyl groups is 1. The first kappa shape index (κ1) is 24.5. The van der Waals surface area contributed by atoms with E-state index in [1.165, 1.54) is 0 Å². The van der Waals surface area contributed by atoms with Gasteiger partial charge in [-0.2, -0.15) is 0 Å². The van der Waals surface area contributed by atoms with Gasteiger partial charge in [-0.1, -0.05) is 12.1 Å². The second-order valence-electron chi connectivity index (χ2n) is 8.19. The van der Waals surface area contributed by atoms with Crippen molar-refractivity contribution in [3.63, 3.8) is 0 Å². The smallest absolute Gasteiger partial charge is 0.231 e. The first-order valence-electron chi connectivity index (χ1n) is 11.3. The Hall–Kier alpha value is -3.62. The van der Waals surface area contributed by atoms with Crippen molar-refractivity contribution < 1.29 is 33.5 Å². The van der Waals surface area contributed by atoms with Gasteiger partial charge in [0.2, 0.25) is 6.79 Å². The van der Waals surface area contributed by atoms with E-state index in [-0.39, 0.29) is 13.4 Å². The van der Waals surface area contributed by atoms with E-state index in [4.69, 9.17) is 28.4 Å². The number of nitrogens with zero attached hydrogens (tertiary/aromatic N) is 1. The summed E-state index contributed by atoms with van der Waals surface area (Å²) >= 11 is 0. The highest BCUT2D eigenvalue weighted by atomic mass is 16.7. The zero-order valence-corrected chi connectivity index (χ0v) is 20.2. The van der Waals surface area contributed by atoms with Crippen LogP contribution in [0.5, 0.6) is 34.5 Å². The summed E-state index contributed by atoms with van der Waals surface area (Å²) in [6.07, 6.45) is -0.703. The van der Waals surface area contributed by atoms with Gasteiger partial charge in [0.1, 0.15) is 24.2 Å². The van der Waals surface area contributed by atoms with E-state index >= 15 is 0 Å². The Bertz CT molecular complexity index is 1100. The lowest BCUT2D eigenvalue weighted by molar-refractivity contribution is 0.0628. The van der Waals surface area contributed by atoms with Crippen molar-refractivity contribution in [3.8, 4) is 34.5 Å². The molecule has 0 aromatic heterocycles. The molecular formula is C27H31NO7. The Morgan fingerprint density at radius 3 is 2.14 bits per heavy atom. The van der Waals surface area contributed by atoms with Crippen LogP contribution in [0.3, 0.4) is 0 Å². The van der Waals surface area contributed by atoms with Gasteiger partial charge in [-0.15, -0.1) is 0 Å². The maximum absolute atomic E-state index is 10.8. The van der Waals surface area contributed by atoms with Crippen LogP contribution in [0.15, 0.2) is 60.7 Å². The maximum atomic E-state index is 10.8. The Balaban J connectivity index is 1.45. The summed E-state index contributed by atoms with van der Waals surface area (Å²) in [5, 5.41) is 10.8. The lowest BCUT2D eigenvalue weighted by Crippen LogP contribution is -2.35. The summed E-state index contributed by atoms with van der Waals surface area (Å²) in [6.45, 7) is 1.99. The number of methoxy groups -OCH3 is 3. The zero-order valence-electron chi connectivity index (χ0n) is 20.2. The van der Waals surface area contributed by atoms with Crippen molar-refractivity contribution in [1.29, 1.82) is 0 Å². The van der Waals surface area contributed by atoms with Crippen LogP contribution in [-0.2, 0) is 13.1 Å². The third kappa shape index (κ3) is 6.49. The monoisotopic (exact) mass is 481 g/mol. The standard InChI is InChI=1S/C27H31NO7/c1-30-22-6-8-23(9-7-22)33-17-21(29)16-28(14-19-4-10-24(31-2)26(12-19)32-3)15-20-5-11-25-27(13-20)35-18-34-25/h4-13,21,29H,14-18H2,1-3H3/t21-/m1/s1. The van der Waals surface area contributed by atoms with Gasteiger partial charge >= 0.3 is 0 Å². The van der Waals surface area contributed by atoms with E-state index in [0.29, 0.717) is 36.9 Å². The highest BCUT2D eigenvalue weighted by Gasteiger charge is 2.18. The average Bonchev–Trinajstić information content (AvgIpc) is 3.35. The fourth-order valence-corrected chi connectivity index (χ4v) is 3.93. The van der Waals surface area contributed by atoms with Gasteiger partial charge in [-0.05, 0) is 59.7 Å². The molecule has 8 heteroatoms. The molecule has 4 rings (SSSR count). The van der Waals surface area contributed by atoms with Crippen LogP contribution in [0.4, 0.5) is 0 Å². The van der Waals surface area contributed by atoms with E-state index in [2.05, 4.69) is 4.90 Å². The van der Waals surface area contributed by atoms with Gasteiger partial charge in [0.15, 0.2) is 23.0 Å². The molecule has 35 heavy (non-hydrogen) atoms. The molecule has 0 radical (unpaired) electrons. The molecule has 1 atom stereocenters. The normalized spacial score (nSPS) is 12.9. The van der Waals surface area contributed by atoms with Gasteiger partial charge < -0.3 is 33.5 Å². The first-order chi connectivity index (χ1) is 17.1. The molecule has 8 nitrogen and oxygen atoms in total. The maximum Gasteiger partial charge on any atom is 0.231 e. The fourth-order valence-electron chi connectivity index (χ4n) is 3.93. The van der Waals surface area contributed by atoms with Crippen LogP contribution < -0.4 is 28.4 Å². The lowest BCUT2D eigenvalue weighted by atomic mass is 10.1. The Labute approximate surface area is 205 Å². The molecule has 0 aliphatic carbocycles. The van der Waals surface area contributed by atoms with Crippen molar-refractivity contribution >= 4 is 0 Å². The van der Waals surface area contributed by atoms with E-state index in [1.807, 2.05) is 60.7 Å². The molecule has 3 aromatic carbocycles. The molecule has 1 aliphatic rings.